The predicted molar refractivity (Wildman–Crippen MR) is 202 cm³/mol. The third-order valence-corrected chi connectivity index (χ3v) is 10.4. The van der Waals surface area contributed by atoms with Crippen molar-refractivity contribution in [2.45, 2.75) is 112 Å². The van der Waals surface area contributed by atoms with E-state index < -0.39 is 123 Å². The number of unbranched alkanes of at least 4 members (excludes halogenated alkanes) is 2. The van der Waals surface area contributed by atoms with Gasteiger partial charge in [0, 0.05) is 18.5 Å². The molecule has 0 spiro atoms. The number of H-pyrrole nitrogens is 1. The number of hydrogen-bond acceptors (Lipinski definition) is 22. The molecule has 2 aromatic heterocycles. The Hall–Kier alpha value is -4.65. The van der Waals surface area contributed by atoms with Crippen molar-refractivity contribution in [3.8, 4) is 0 Å². The molecule has 6 rings (SSSR count). The van der Waals surface area contributed by atoms with Crippen LogP contribution in [0.25, 0.3) is 11.2 Å². The average molecular weight is 868 g/mol. The summed E-state index contributed by atoms with van der Waals surface area (Å²) in [5.74, 6) is -1.45. The number of rotatable bonds is 16. The minimum Gasteiger partial charge on any atom is -0.394 e. The molecule has 0 bridgehead atoms. The topological polar surface area (TPSA) is 412 Å². The lowest BCUT2D eigenvalue weighted by Gasteiger charge is -2.46. The van der Waals surface area contributed by atoms with E-state index in [4.69, 9.17) is 24.7 Å². The Morgan fingerprint density at radius 1 is 0.787 bits per heavy atom. The van der Waals surface area contributed by atoms with Crippen molar-refractivity contribution in [3.63, 3.8) is 0 Å². The summed E-state index contributed by atoms with van der Waals surface area (Å²) in [6.07, 6.45) is -20.3. The largest absolute Gasteiger partial charge is 0.394 e. The number of nitrogens with two attached hydrogens (primary N) is 1. The number of fused-ring (bicyclic) bond motifs is 1. The molecule has 0 radical (unpaired) electrons. The third-order valence-electron chi connectivity index (χ3n) is 10.4. The van der Waals surface area contributed by atoms with Gasteiger partial charge in [0.25, 0.3) is 17.4 Å². The van der Waals surface area contributed by atoms with E-state index >= 15 is 0 Å². The second-order valence-electron chi connectivity index (χ2n) is 14.6. The van der Waals surface area contributed by atoms with Crippen molar-refractivity contribution in [1.82, 2.24) is 30.2 Å². The number of hydrogen-bond donors (Lipinski definition) is 14. The summed E-state index contributed by atoms with van der Waals surface area (Å²) in [5, 5.41) is 115. The van der Waals surface area contributed by atoms with Gasteiger partial charge in [0.15, 0.2) is 29.9 Å². The van der Waals surface area contributed by atoms with Gasteiger partial charge in [0.2, 0.25) is 11.9 Å². The molecule has 26 nitrogen and oxygen atoms in total. The number of nitrogens with one attached hydrogen (secondary N) is 3. The van der Waals surface area contributed by atoms with Crippen molar-refractivity contribution in [3.05, 3.63) is 40.2 Å². The van der Waals surface area contributed by atoms with E-state index in [1.165, 1.54) is 24.3 Å². The van der Waals surface area contributed by atoms with Crippen molar-refractivity contribution >= 4 is 40.6 Å². The molecule has 0 unspecified atom stereocenters. The van der Waals surface area contributed by atoms with E-state index in [-0.39, 0.29) is 41.7 Å². The number of anilines is 1. The Morgan fingerprint density at radius 3 is 2.13 bits per heavy atom. The molecule has 3 saturated heterocycles. The molecule has 0 saturated carbocycles. The normalized spacial score (nSPS) is 33.0. The van der Waals surface area contributed by atoms with E-state index in [1.54, 1.807) is 0 Å². The van der Waals surface area contributed by atoms with Crippen LogP contribution >= 0.6 is 0 Å². The van der Waals surface area contributed by atoms with Gasteiger partial charge in [-0.2, -0.15) is 4.98 Å². The highest BCUT2D eigenvalue weighted by Gasteiger charge is 2.51. The molecule has 336 valence electrons. The summed E-state index contributed by atoms with van der Waals surface area (Å²) in [5.41, 5.74) is 5.24. The number of carbonyl (C=O) groups is 2. The first-order chi connectivity index (χ1) is 29.2. The molecule has 3 aliphatic rings. The zero-order valence-corrected chi connectivity index (χ0v) is 32.2. The van der Waals surface area contributed by atoms with Crippen LogP contribution in [0.15, 0.2) is 39.3 Å². The van der Waals surface area contributed by atoms with Gasteiger partial charge >= 0.3 is 0 Å². The van der Waals surface area contributed by atoms with Crippen molar-refractivity contribution < 1.29 is 79.6 Å². The summed E-state index contributed by atoms with van der Waals surface area (Å²) < 4.78 is 23.1. The maximum absolute atomic E-state index is 12.8. The molecule has 26 heteroatoms. The zero-order chi connectivity index (χ0) is 44.1. The molecular formula is C35H49N9O17. The first-order valence-corrected chi connectivity index (χ1v) is 19.2. The molecular weight excluding hydrogens is 818 g/mol. The Kier molecular flexibility index (Phi) is 15.1. The summed E-state index contributed by atoms with van der Waals surface area (Å²) in [6.45, 7) is -1.84. The number of nitrogen functional groups attached to an aromatic ring is 1. The Bertz CT molecular complexity index is 2050. The maximum atomic E-state index is 12.8. The van der Waals surface area contributed by atoms with Crippen molar-refractivity contribution in [2.24, 2.45) is 10.2 Å². The number of imidazole rings is 1. The zero-order valence-electron chi connectivity index (χ0n) is 32.2. The SMILES string of the molecule is Nc1nc2c(nc(N=Nc3ccc(C(=O)NCCCCCC(=O)N[C@H]4O[C@H](CO)[C@@H](O[C@@H]5O[C@H](CO)[C@H](O)[C@H](O)[C@H]5O)[C@H](O)[C@H]4O)cc3)n2[C@@H]2O[C@H](CO)[C@@H](O)[C@H]2O)c(=O)[nH]1. The highest BCUT2D eigenvalue weighted by atomic mass is 16.7. The number of azo groups is 1. The Balaban J connectivity index is 0.946. The number of aliphatic hydroxyl groups is 10. The van der Waals surface area contributed by atoms with Gasteiger partial charge in [0.05, 0.1) is 25.5 Å². The van der Waals surface area contributed by atoms with E-state index in [1.807, 2.05) is 0 Å². The van der Waals surface area contributed by atoms with Gasteiger partial charge in [-0.15, -0.1) is 10.2 Å². The van der Waals surface area contributed by atoms with Crippen LogP contribution in [0.3, 0.4) is 0 Å². The monoisotopic (exact) mass is 867 g/mol. The smallest absolute Gasteiger partial charge is 0.280 e. The number of aromatic amines is 1. The Labute approximate surface area is 344 Å². The Morgan fingerprint density at radius 2 is 1.46 bits per heavy atom. The minimum atomic E-state index is -1.82. The molecule has 15 N–H and O–H groups in total. The molecule has 3 aliphatic heterocycles. The van der Waals surface area contributed by atoms with Crippen LogP contribution in [0.5, 0.6) is 0 Å². The number of ether oxygens (including phenoxy) is 4. The average Bonchev–Trinajstić information content (AvgIpc) is 3.75. The lowest BCUT2D eigenvalue weighted by Crippen LogP contribution is -2.66. The fourth-order valence-corrected chi connectivity index (χ4v) is 7.00. The quantitative estimate of drug-likeness (QED) is 0.0472. The molecule has 3 aromatic rings. The molecule has 61 heavy (non-hydrogen) atoms. The maximum Gasteiger partial charge on any atom is 0.280 e. The number of benzene rings is 1. The van der Waals surface area contributed by atoms with Crippen LogP contribution in [-0.2, 0) is 23.7 Å². The highest BCUT2D eigenvalue weighted by molar-refractivity contribution is 5.94. The standard InChI is InChI=1S/C35H49N9O17/c36-34-40-28-19(30(57)41-34)39-35(44(28)32-25(54)21(50)15(10-45)59-32)43-42-14-7-5-13(6-8-14)29(56)37-9-3-1-2-4-18(48)38-31-24(53)23(52)27(17(12-47)58-31)61-33-26(55)22(51)20(49)16(11-46)60-33/h5-8,15-17,20-27,31-33,45-47,49-55H,1-4,9-12H2,(H,37,56)(H,38,48)(H3,36,40,41,57)/t15-,16-,17-,20+,21-,22+,23-,24-,25-,26-,27-,31+,32-,33+/m1/s1. The second kappa shape index (κ2) is 20.0. The van der Waals surface area contributed by atoms with Crippen molar-refractivity contribution in [2.75, 3.05) is 32.1 Å². The predicted octanol–water partition coefficient (Wildman–Crippen LogP) is -5.24. The van der Waals surface area contributed by atoms with Crippen LogP contribution in [0.2, 0.25) is 0 Å². The van der Waals surface area contributed by atoms with Gasteiger partial charge in [-0.1, -0.05) is 6.42 Å². The summed E-state index contributed by atoms with van der Waals surface area (Å²) >= 11 is 0. The summed E-state index contributed by atoms with van der Waals surface area (Å²) in [4.78, 5) is 48.5. The van der Waals surface area contributed by atoms with Crippen molar-refractivity contribution in [1.29, 1.82) is 0 Å². The molecule has 2 amide bonds. The van der Waals surface area contributed by atoms with E-state index in [2.05, 4.69) is 35.8 Å². The van der Waals surface area contributed by atoms with E-state index in [9.17, 15) is 65.4 Å². The number of nitrogens with zero attached hydrogens (tertiary/aromatic N) is 5. The molecule has 5 heterocycles. The molecule has 1 aromatic carbocycles. The van der Waals surface area contributed by atoms with Crippen LogP contribution in [-0.4, -0.2) is 188 Å². The highest BCUT2D eigenvalue weighted by Crippen LogP contribution is 2.35. The van der Waals surface area contributed by atoms with Gasteiger partial charge in [-0.3, -0.25) is 23.9 Å². The van der Waals surface area contributed by atoms with E-state index in [0.29, 0.717) is 24.8 Å². The third kappa shape index (κ3) is 10.0. The number of aromatic nitrogens is 4. The van der Waals surface area contributed by atoms with Gasteiger partial charge in [0.1, 0.15) is 67.1 Å². The lowest BCUT2D eigenvalue weighted by molar-refractivity contribution is -0.343. The molecule has 3 fully saturated rings. The summed E-state index contributed by atoms with van der Waals surface area (Å²) in [7, 11) is 0. The number of amides is 2. The van der Waals surface area contributed by atoms with Crippen LogP contribution < -0.4 is 21.9 Å². The van der Waals surface area contributed by atoms with Crippen LogP contribution in [0.1, 0.15) is 42.3 Å². The summed E-state index contributed by atoms with van der Waals surface area (Å²) in [6, 6.07) is 5.95. The molecule has 14 atom stereocenters. The number of carbonyl (C=O) groups excluding carboxylic acids is 2. The fourth-order valence-electron chi connectivity index (χ4n) is 7.00. The molecule has 0 aliphatic carbocycles. The fraction of sp³-hybridized carbons (Fsp3) is 0.629. The number of aliphatic hydroxyl groups excluding tert-OH is 10. The second-order valence-corrected chi connectivity index (χ2v) is 14.6. The van der Waals surface area contributed by atoms with E-state index in [0.717, 1.165) is 4.57 Å². The van der Waals surface area contributed by atoms with Crippen LogP contribution in [0.4, 0.5) is 17.6 Å². The van der Waals surface area contributed by atoms with Gasteiger partial charge in [-0.05, 0) is 37.1 Å². The van der Waals surface area contributed by atoms with Gasteiger partial charge < -0.3 is 86.4 Å². The lowest BCUT2D eigenvalue weighted by atomic mass is 9.96. The van der Waals surface area contributed by atoms with Crippen LogP contribution in [0, 0.1) is 0 Å². The first-order valence-electron chi connectivity index (χ1n) is 19.2. The van der Waals surface area contributed by atoms with Gasteiger partial charge in [-0.25, -0.2) is 4.98 Å². The minimum absolute atomic E-state index is 0.0159. The first kappa shape index (κ1) is 45.9.